The number of halogens is 2. The van der Waals surface area contributed by atoms with Gasteiger partial charge in [0.15, 0.2) is 17.6 Å². The third-order valence-electron chi connectivity index (χ3n) is 3.57. The highest BCUT2D eigenvalue weighted by Gasteiger charge is 2.20. The first-order valence-corrected chi connectivity index (χ1v) is 8.42. The molecule has 1 atom stereocenters. The SMILES string of the molecule is COc1cc(NC(=O)[C@H](C)Oc2ccc(Cl)cc2Cl)c(C(=O)[O-])cc1OC. The van der Waals surface area contributed by atoms with Crippen LogP contribution in [-0.4, -0.2) is 32.2 Å². The maximum atomic E-state index is 12.4. The van der Waals surface area contributed by atoms with E-state index in [0.29, 0.717) is 5.02 Å². The summed E-state index contributed by atoms with van der Waals surface area (Å²) in [5.74, 6) is -1.40. The van der Waals surface area contributed by atoms with Gasteiger partial charge in [-0.05, 0) is 31.2 Å². The highest BCUT2D eigenvalue weighted by molar-refractivity contribution is 6.35. The normalized spacial score (nSPS) is 11.4. The highest BCUT2D eigenvalue weighted by Crippen LogP contribution is 2.33. The maximum absolute atomic E-state index is 12.4. The lowest BCUT2D eigenvalue weighted by Gasteiger charge is -2.19. The lowest BCUT2D eigenvalue weighted by molar-refractivity contribution is -0.254. The van der Waals surface area contributed by atoms with E-state index in [1.165, 1.54) is 45.4 Å². The first-order valence-electron chi connectivity index (χ1n) is 7.66. The molecule has 2 aromatic rings. The van der Waals surface area contributed by atoms with Crippen LogP contribution in [0, 0.1) is 0 Å². The number of nitrogens with one attached hydrogen (secondary N) is 1. The van der Waals surface area contributed by atoms with Crippen LogP contribution < -0.4 is 24.6 Å². The molecule has 2 aromatic carbocycles. The average Bonchev–Trinajstić information content (AvgIpc) is 2.63. The van der Waals surface area contributed by atoms with Crippen LogP contribution in [0.4, 0.5) is 5.69 Å². The zero-order valence-electron chi connectivity index (χ0n) is 14.7. The van der Waals surface area contributed by atoms with Crippen LogP contribution in [0.3, 0.4) is 0 Å². The molecule has 0 aliphatic carbocycles. The van der Waals surface area contributed by atoms with Gasteiger partial charge in [-0.2, -0.15) is 0 Å². The smallest absolute Gasteiger partial charge is 0.265 e. The molecule has 0 aliphatic rings. The number of aromatic carboxylic acids is 1. The van der Waals surface area contributed by atoms with E-state index in [-0.39, 0.29) is 33.5 Å². The van der Waals surface area contributed by atoms with E-state index in [2.05, 4.69) is 5.32 Å². The second kappa shape index (κ2) is 8.83. The van der Waals surface area contributed by atoms with Crippen molar-refractivity contribution in [3.63, 3.8) is 0 Å². The van der Waals surface area contributed by atoms with Gasteiger partial charge >= 0.3 is 0 Å². The maximum Gasteiger partial charge on any atom is 0.265 e. The van der Waals surface area contributed by atoms with Gasteiger partial charge in [0, 0.05) is 16.7 Å². The molecule has 7 nitrogen and oxygen atoms in total. The number of hydrogen-bond donors (Lipinski definition) is 1. The Hall–Kier alpha value is -2.64. The molecule has 27 heavy (non-hydrogen) atoms. The Morgan fingerprint density at radius 1 is 1.04 bits per heavy atom. The lowest BCUT2D eigenvalue weighted by atomic mass is 10.1. The standard InChI is InChI=1S/C18H17Cl2NO6/c1-9(27-14-5-4-10(19)6-12(14)20)17(22)21-13-8-16(26-3)15(25-2)7-11(13)18(23)24/h4-9H,1-3H3,(H,21,22)(H,23,24)/p-1/t9-/m0/s1. The molecule has 0 bridgehead atoms. The fourth-order valence-corrected chi connectivity index (χ4v) is 2.65. The quantitative estimate of drug-likeness (QED) is 0.750. The molecule has 2 rings (SSSR count). The minimum Gasteiger partial charge on any atom is -0.545 e. The van der Waals surface area contributed by atoms with E-state index in [1.807, 2.05) is 0 Å². The van der Waals surface area contributed by atoms with E-state index < -0.39 is 18.0 Å². The summed E-state index contributed by atoms with van der Waals surface area (Å²) in [6.45, 7) is 1.49. The number of amides is 1. The van der Waals surface area contributed by atoms with Crippen molar-refractivity contribution in [2.75, 3.05) is 19.5 Å². The number of rotatable bonds is 7. The molecule has 1 N–H and O–H groups in total. The number of carbonyl (C=O) groups is 2. The topological polar surface area (TPSA) is 96.9 Å². The molecule has 0 saturated carbocycles. The van der Waals surface area contributed by atoms with Crippen molar-refractivity contribution < 1.29 is 28.9 Å². The van der Waals surface area contributed by atoms with Gasteiger partial charge in [0.2, 0.25) is 0 Å². The largest absolute Gasteiger partial charge is 0.545 e. The Morgan fingerprint density at radius 2 is 1.67 bits per heavy atom. The fourth-order valence-electron chi connectivity index (χ4n) is 2.20. The van der Waals surface area contributed by atoms with E-state index in [0.717, 1.165) is 0 Å². The van der Waals surface area contributed by atoms with E-state index in [9.17, 15) is 14.7 Å². The van der Waals surface area contributed by atoms with Crippen molar-refractivity contribution in [2.45, 2.75) is 13.0 Å². The number of benzene rings is 2. The predicted molar refractivity (Wildman–Crippen MR) is 99.1 cm³/mol. The summed E-state index contributed by atoms with van der Waals surface area (Å²) in [6.07, 6.45) is -0.980. The number of methoxy groups -OCH3 is 2. The molecular weight excluding hydrogens is 397 g/mol. The number of ether oxygens (including phenoxy) is 3. The Morgan fingerprint density at radius 3 is 2.22 bits per heavy atom. The first-order chi connectivity index (χ1) is 12.8. The van der Waals surface area contributed by atoms with Gasteiger partial charge in [0.05, 0.1) is 30.9 Å². The van der Waals surface area contributed by atoms with Crippen LogP contribution in [0.15, 0.2) is 30.3 Å². The molecule has 0 aromatic heterocycles. The monoisotopic (exact) mass is 412 g/mol. The Balaban J connectivity index is 2.24. The van der Waals surface area contributed by atoms with Crippen LogP contribution in [0.5, 0.6) is 17.2 Å². The van der Waals surface area contributed by atoms with Crippen molar-refractivity contribution in [1.82, 2.24) is 0 Å². The summed E-state index contributed by atoms with van der Waals surface area (Å²) in [5.41, 5.74) is -0.284. The Labute approximate surface area is 165 Å². The van der Waals surface area contributed by atoms with Crippen molar-refractivity contribution in [1.29, 1.82) is 0 Å². The van der Waals surface area contributed by atoms with Gasteiger partial charge in [0.25, 0.3) is 5.91 Å². The van der Waals surface area contributed by atoms with Gasteiger partial charge in [-0.1, -0.05) is 23.2 Å². The Bertz CT molecular complexity index is 871. The molecular formula is C18H16Cl2NO6-. The van der Waals surface area contributed by atoms with E-state index in [4.69, 9.17) is 37.4 Å². The second-order valence-corrected chi connectivity index (χ2v) is 6.21. The first kappa shape index (κ1) is 20.7. The molecule has 0 saturated heterocycles. The minimum atomic E-state index is -1.49. The summed E-state index contributed by atoms with van der Waals surface area (Å²) in [7, 11) is 2.75. The number of carboxylic acids is 1. The fraction of sp³-hybridized carbons (Fsp3) is 0.222. The minimum absolute atomic E-state index is 0.0182. The molecule has 9 heteroatoms. The molecule has 0 unspecified atom stereocenters. The van der Waals surface area contributed by atoms with Gasteiger partial charge < -0.3 is 29.4 Å². The van der Waals surface area contributed by atoms with Crippen LogP contribution in [0.2, 0.25) is 10.0 Å². The van der Waals surface area contributed by atoms with Crippen LogP contribution in [0.25, 0.3) is 0 Å². The molecule has 0 radical (unpaired) electrons. The summed E-state index contributed by atoms with van der Waals surface area (Å²) in [5, 5.41) is 14.5. The number of carbonyl (C=O) groups excluding carboxylic acids is 2. The molecule has 0 heterocycles. The van der Waals surface area contributed by atoms with Crippen LogP contribution in [0.1, 0.15) is 17.3 Å². The summed E-state index contributed by atoms with van der Waals surface area (Å²) >= 11 is 11.8. The second-order valence-electron chi connectivity index (χ2n) is 5.36. The van der Waals surface area contributed by atoms with Crippen molar-refractivity contribution in [2.24, 2.45) is 0 Å². The third-order valence-corrected chi connectivity index (χ3v) is 4.10. The molecule has 0 aliphatic heterocycles. The zero-order valence-corrected chi connectivity index (χ0v) is 16.2. The number of carboxylic acid groups (broad SMARTS) is 1. The molecule has 144 valence electrons. The summed E-state index contributed by atoms with van der Waals surface area (Å²) < 4.78 is 15.7. The van der Waals surface area contributed by atoms with Gasteiger partial charge in [0.1, 0.15) is 5.75 Å². The van der Waals surface area contributed by atoms with Gasteiger partial charge in [-0.25, -0.2) is 0 Å². The van der Waals surface area contributed by atoms with Crippen molar-refractivity contribution >= 4 is 40.8 Å². The molecule has 1 amide bonds. The molecule has 0 spiro atoms. The number of hydrogen-bond acceptors (Lipinski definition) is 6. The van der Waals surface area contributed by atoms with Gasteiger partial charge in [-0.3, -0.25) is 4.79 Å². The Kier molecular flexibility index (Phi) is 6.76. The summed E-state index contributed by atoms with van der Waals surface area (Å²) in [4.78, 5) is 23.8. The lowest BCUT2D eigenvalue weighted by Crippen LogP contribution is -2.32. The third kappa shape index (κ3) is 4.96. The highest BCUT2D eigenvalue weighted by atomic mass is 35.5. The average molecular weight is 413 g/mol. The van der Waals surface area contributed by atoms with Crippen LogP contribution in [-0.2, 0) is 4.79 Å². The zero-order chi connectivity index (χ0) is 20.1. The van der Waals surface area contributed by atoms with Crippen LogP contribution >= 0.6 is 23.2 Å². The number of anilines is 1. The van der Waals surface area contributed by atoms with Crippen molar-refractivity contribution in [3.8, 4) is 17.2 Å². The van der Waals surface area contributed by atoms with E-state index >= 15 is 0 Å². The van der Waals surface area contributed by atoms with E-state index in [1.54, 1.807) is 6.07 Å². The summed E-state index contributed by atoms with van der Waals surface area (Å²) in [6, 6.07) is 7.09. The predicted octanol–water partition coefficient (Wildman–Crippen LogP) is 2.78. The van der Waals surface area contributed by atoms with Gasteiger partial charge in [-0.15, -0.1) is 0 Å². The van der Waals surface area contributed by atoms with Crippen molar-refractivity contribution in [3.05, 3.63) is 45.9 Å². The molecule has 0 fully saturated rings.